The van der Waals surface area contributed by atoms with Crippen LogP contribution < -0.4 is 5.32 Å². The minimum Gasteiger partial charge on any atom is -0.478 e. The van der Waals surface area contributed by atoms with Crippen LogP contribution in [0.4, 0.5) is 5.69 Å². The van der Waals surface area contributed by atoms with Crippen LogP contribution in [0.2, 0.25) is 0 Å². The molecule has 1 saturated heterocycles. The Morgan fingerprint density at radius 2 is 1.74 bits per heavy atom. The quantitative estimate of drug-likeness (QED) is 0.730. The zero-order valence-electron chi connectivity index (χ0n) is 17.1. The first kappa shape index (κ1) is 20.6. The molecule has 2 heterocycles. The lowest BCUT2D eigenvalue weighted by Crippen LogP contribution is -2.57. The Morgan fingerprint density at radius 1 is 1.00 bits per heavy atom. The van der Waals surface area contributed by atoms with Crippen LogP contribution in [0.3, 0.4) is 0 Å². The van der Waals surface area contributed by atoms with E-state index in [0.717, 1.165) is 0 Å². The van der Waals surface area contributed by atoms with Gasteiger partial charge in [-0.2, -0.15) is 0 Å². The highest BCUT2D eigenvalue weighted by Crippen LogP contribution is 2.35. The summed E-state index contributed by atoms with van der Waals surface area (Å²) in [5, 5.41) is 12.3. The average Bonchev–Trinajstić information content (AvgIpc) is 3.22. The average molecular weight is 421 g/mol. The molecular formula is C23H23N3O5. The molecule has 2 aromatic carbocycles. The van der Waals surface area contributed by atoms with Gasteiger partial charge in [0.05, 0.1) is 17.2 Å². The molecule has 160 valence electrons. The van der Waals surface area contributed by atoms with Crippen LogP contribution in [0, 0.1) is 0 Å². The molecule has 8 nitrogen and oxygen atoms in total. The standard InChI is InChI=1S/C23H23N3O5/c1-14-13-25(21(28)15-6-3-2-4-7-15)10-11-26(14)22(29)20(27)18-12-24-19-16(18)8-5-9-17(19)23(30)31/h2-9,14,18,24H,10-13H2,1H3,(H,30,31). The van der Waals surface area contributed by atoms with Gasteiger partial charge in [0.1, 0.15) is 0 Å². The number of hydrogen-bond acceptors (Lipinski definition) is 5. The molecule has 0 aromatic heterocycles. The van der Waals surface area contributed by atoms with Crippen molar-refractivity contribution in [1.29, 1.82) is 0 Å². The maximum atomic E-state index is 13.0. The number of fused-ring (bicyclic) bond motifs is 1. The van der Waals surface area contributed by atoms with Crippen molar-refractivity contribution in [2.24, 2.45) is 0 Å². The molecule has 0 aliphatic carbocycles. The number of carbonyl (C=O) groups excluding carboxylic acids is 3. The SMILES string of the molecule is CC1CN(C(=O)c2ccccc2)CCN1C(=O)C(=O)C1CNc2c(C(=O)O)cccc21. The van der Waals surface area contributed by atoms with E-state index in [1.807, 2.05) is 13.0 Å². The van der Waals surface area contributed by atoms with Crippen LogP contribution >= 0.6 is 0 Å². The zero-order valence-corrected chi connectivity index (χ0v) is 17.1. The lowest BCUT2D eigenvalue weighted by atomic mass is 9.94. The smallest absolute Gasteiger partial charge is 0.337 e. The number of piperazine rings is 1. The van der Waals surface area contributed by atoms with Gasteiger partial charge in [-0.3, -0.25) is 14.4 Å². The predicted molar refractivity (Wildman–Crippen MR) is 113 cm³/mol. The number of Topliss-reactive ketones (excluding diaryl/α,β-unsaturated/α-hetero) is 1. The minimum absolute atomic E-state index is 0.0849. The normalized spacial score (nSPS) is 20.0. The van der Waals surface area contributed by atoms with Gasteiger partial charge in [0.25, 0.3) is 11.8 Å². The Balaban J connectivity index is 1.46. The molecule has 2 atom stereocenters. The molecule has 1 fully saturated rings. The van der Waals surface area contributed by atoms with Crippen molar-refractivity contribution >= 4 is 29.3 Å². The van der Waals surface area contributed by atoms with Gasteiger partial charge >= 0.3 is 5.97 Å². The molecule has 8 heteroatoms. The highest BCUT2D eigenvalue weighted by Gasteiger charge is 2.39. The second-order valence-corrected chi connectivity index (χ2v) is 7.84. The number of aromatic carboxylic acids is 1. The summed E-state index contributed by atoms with van der Waals surface area (Å²) < 4.78 is 0. The number of carboxylic acids is 1. The van der Waals surface area contributed by atoms with Gasteiger partial charge in [-0.15, -0.1) is 0 Å². The van der Waals surface area contributed by atoms with Crippen LogP contribution in [0.15, 0.2) is 48.5 Å². The van der Waals surface area contributed by atoms with E-state index in [1.165, 1.54) is 11.0 Å². The number of hydrogen-bond donors (Lipinski definition) is 2. The lowest BCUT2D eigenvalue weighted by Gasteiger charge is -2.39. The number of ketones is 1. The van der Waals surface area contributed by atoms with E-state index in [2.05, 4.69) is 5.32 Å². The van der Waals surface area contributed by atoms with Gasteiger partial charge in [-0.1, -0.05) is 30.3 Å². The second kappa shape index (κ2) is 8.22. The molecule has 2 aliphatic heterocycles. The topological polar surface area (TPSA) is 107 Å². The number of anilines is 1. The highest BCUT2D eigenvalue weighted by molar-refractivity contribution is 6.38. The van der Waals surface area contributed by atoms with Crippen LogP contribution in [-0.2, 0) is 9.59 Å². The third-order valence-corrected chi connectivity index (χ3v) is 5.91. The van der Waals surface area contributed by atoms with Crippen molar-refractivity contribution in [3.8, 4) is 0 Å². The Morgan fingerprint density at radius 3 is 2.42 bits per heavy atom. The largest absolute Gasteiger partial charge is 0.478 e. The van der Waals surface area contributed by atoms with Gasteiger partial charge < -0.3 is 20.2 Å². The van der Waals surface area contributed by atoms with Crippen molar-refractivity contribution in [2.75, 3.05) is 31.5 Å². The monoisotopic (exact) mass is 421 g/mol. The third kappa shape index (κ3) is 3.76. The number of carbonyl (C=O) groups is 4. The lowest BCUT2D eigenvalue weighted by molar-refractivity contribution is -0.148. The van der Waals surface area contributed by atoms with Gasteiger partial charge in [0.15, 0.2) is 0 Å². The maximum Gasteiger partial charge on any atom is 0.337 e. The van der Waals surface area contributed by atoms with Crippen molar-refractivity contribution < 1.29 is 24.3 Å². The van der Waals surface area contributed by atoms with Crippen LogP contribution in [0.5, 0.6) is 0 Å². The summed E-state index contributed by atoms with van der Waals surface area (Å²) in [6.07, 6.45) is 0. The van der Waals surface area contributed by atoms with E-state index in [9.17, 15) is 24.3 Å². The van der Waals surface area contributed by atoms with E-state index in [-0.39, 0.29) is 30.6 Å². The second-order valence-electron chi connectivity index (χ2n) is 7.84. The number of amides is 2. The molecule has 0 spiro atoms. The zero-order chi connectivity index (χ0) is 22.1. The van der Waals surface area contributed by atoms with Gasteiger partial charge in [0, 0.05) is 37.8 Å². The molecule has 2 N–H and O–H groups in total. The molecule has 2 aliphatic rings. The Hall–Kier alpha value is -3.68. The van der Waals surface area contributed by atoms with Crippen LogP contribution in [0.25, 0.3) is 0 Å². The van der Waals surface area contributed by atoms with E-state index in [1.54, 1.807) is 41.3 Å². The summed E-state index contributed by atoms with van der Waals surface area (Å²) in [6, 6.07) is 13.4. The summed E-state index contributed by atoms with van der Waals surface area (Å²) >= 11 is 0. The first-order valence-corrected chi connectivity index (χ1v) is 10.2. The van der Waals surface area contributed by atoms with Crippen molar-refractivity contribution in [3.63, 3.8) is 0 Å². The van der Waals surface area contributed by atoms with Crippen molar-refractivity contribution in [2.45, 2.75) is 18.9 Å². The van der Waals surface area contributed by atoms with Gasteiger partial charge in [-0.05, 0) is 30.7 Å². The maximum absolute atomic E-state index is 13.0. The van der Waals surface area contributed by atoms with Crippen molar-refractivity contribution in [1.82, 2.24) is 9.80 Å². The number of para-hydroxylation sites is 1. The van der Waals surface area contributed by atoms with Gasteiger partial charge in [0.2, 0.25) is 5.78 Å². The third-order valence-electron chi connectivity index (χ3n) is 5.91. The van der Waals surface area contributed by atoms with E-state index in [0.29, 0.717) is 29.9 Å². The van der Waals surface area contributed by atoms with Crippen molar-refractivity contribution in [3.05, 3.63) is 65.2 Å². The molecule has 0 radical (unpaired) electrons. The summed E-state index contributed by atoms with van der Waals surface area (Å²) in [5.74, 6) is -3.07. The minimum atomic E-state index is -1.09. The number of carboxylic acid groups (broad SMARTS) is 1. The molecule has 31 heavy (non-hydrogen) atoms. The molecule has 0 bridgehead atoms. The number of nitrogens with zero attached hydrogens (tertiary/aromatic N) is 2. The molecule has 4 rings (SSSR count). The number of rotatable bonds is 4. The first-order chi connectivity index (χ1) is 14.9. The van der Waals surface area contributed by atoms with E-state index < -0.39 is 23.6 Å². The summed E-state index contributed by atoms with van der Waals surface area (Å²) in [5.41, 5.74) is 1.60. The fraction of sp³-hybridized carbons (Fsp3) is 0.304. The Labute approximate surface area is 179 Å². The summed E-state index contributed by atoms with van der Waals surface area (Å²) in [4.78, 5) is 53.3. The fourth-order valence-corrected chi connectivity index (χ4v) is 4.28. The van der Waals surface area contributed by atoms with E-state index >= 15 is 0 Å². The first-order valence-electron chi connectivity index (χ1n) is 10.2. The Bertz CT molecular complexity index is 1050. The summed E-state index contributed by atoms with van der Waals surface area (Å²) in [6.45, 7) is 2.96. The number of benzene rings is 2. The highest BCUT2D eigenvalue weighted by atomic mass is 16.4. The van der Waals surface area contributed by atoms with Crippen LogP contribution in [0.1, 0.15) is 39.1 Å². The van der Waals surface area contributed by atoms with E-state index in [4.69, 9.17) is 0 Å². The van der Waals surface area contributed by atoms with Gasteiger partial charge in [-0.25, -0.2) is 4.79 Å². The summed E-state index contributed by atoms with van der Waals surface area (Å²) in [7, 11) is 0. The number of nitrogens with one attached hydrogen (secondary N) is 1. The molecule has 2 amide bonds. The molecule has 0 saturated carbocycles. The predicted octanol–water partition coefficient (Wildman–Crippen LogP) is 1.84. The Kier molecular flexibility index (Phi) is 5.46. The molecular weight excluding hydrogens is 398 g/mol. The fourth-order valence-electron chi connectivity index (χ4n) is 4.28. The molecule has 2 unspecified atom stereocenters. The molecule has 2 aromatic rings. The van der Waals surface area contributed by atoms with Crippen LogP contribution in [-0.4, -0.2) is 70.7 Å².